The number of nitrogens with one attached hydrogen (secondary N) is 3. The molecule has 3 N–H and O–H groups in total. The Hall–Kier alpha value is -3.57. The lowest BCUT2D eigenvalue weighted by Gasteiger charge is -2.42. The number of hydrogen-bond acceptors (Lipinski definition) is 9. The first-order valence-corrected chi connectivity index (χ1v) is 16.4. The van der Waals surface area contributed by atoms with Crippen LogP contribution in [0.25, 0.3) is 22.6 Å². The van der Waals surface area contributed by atoms with Gasteiger partial charge in [-0.05, 0) is 50.4 Å². The zero-order valence-electron chi connectivity index (χ0n) is 27.9. The molecule has 0 aromatic carbocycles. The zero-order chi connectivity index (χ0) is 32.4. The van der Waals surface area contributed by atoms with E-state index >= 15 is 0 Å². The molecule has 0 spiro atoms. The van der Waals surface area contributed by atoms with E-state index in [2.05, 4.69) is 86.2 Å². The second kappa shape index (κ2) is 13.4. The molecule has 1 fully saturated rings. The molecule has 45 heavy (non-hydrogen) atoms. The Kier molecular flexibility index (Phi) is 9.79. The lowest BCUT2D eigenvalue weighted by Crippen LogP contribution is -2.53. The number of aromatic nitrogens is 8. The van der Waals surface area contributed by atoms with Gasteiger partial charge in [-0.1, -0.05) is 53.1 Å². The third-order valence-electron chi connectivity index (χ3n) is 8.35. The van der Waals surface area contributed by atoms with Gasteiger partial charge in [0.25, 0.3) is 0 Å². The summed E-state index contributed by atoms with van der Waals surface area (Å²) in [5.41, 5.74) is 4.33. The molecular formula is C33H48ClN11. The summed E-state index contributed by atoms with van der Waals surface area (Å²) >= 11 is 6.46. The fourth-order valence-corrected chi connectivity index (χ4v) is 6.02. The van der Waals surface area contributed by atoms with Crippen molar-refractivity contribution in [3.63, 3.8) is 0 Å². The Labute approximate surface area is 272 Å². The molecule has 1 unspecified atom stereocenters. The lowest BCUT2D eigenvalue weighted by atomic mass is 9.86. The lowest BCUT2D eigenvalue weighted by molar-refractivity contribution is 0.316. The Morgan fingerprint density at radius 2 is 1.76 bits per heavy atom. The minimum Gasteiger partial charge on any atom is -0.351 e. The van der Waals surface area contributed by atoms with Crippen LogP contribution in [0.1, 0.15) is 86.6 Å². The highest BCUT2D eigenvalue weighted by atomic mass is 35.5. The largest absolute Gasteiger partial charge is 0.351 e. The molecular weight excluding hydrogens is 586 g/mol. The summed E-state index contributed by atoms with van der Waals surface area (Å²) < 4.78 is 1.90. The van der Waals surface area contributed by atoms with Gasteiger partial charge in [-0.15, -0.1) is 0 Å². The highest BCUT2D eigenvalue weighted by Gasteiger charge is 2.31. The number of hydrogen-bond donors (Lipinski definition) is 3. The van der Waals surface area contributed by atoms with Crippen LogP contribution in [0, 0.1) is 5.41 Å². The highest BCUT2D eigenvalue weighted by molar-refractivity contribution is 6.32. The minimum atomic E-state index is -0.153. The van der Waals surface area contributed by atoms with Gasteiger partial charge in [-0.25, -0.2) is 15.0 Å². The molecule has 242 valence electrons. The van der Waals surface area contributed by atoms with Gasteiger partial charge in [0.05, 0.1) is 47.4 Å². The quantitative estimate of drug-likeness (QED) is 0.164. The Balaban J connectivity index is 1.31. The van der Waals surface area contributed by atoms with Crippen LogP contribution < -0.4 is 15.5 Å². The molecule has 11 nitrogen and oxygen atoms in total. The van der Waals surface area contributed by atoms with E-state index in [4.69, 9.17) is 31.5 Å². The Morgan fingerprint density at radius 3 is 2.33 bits per heavy atom. The Bertz CT molecular complexity index is 1540. The number of halogens is 1. The van der Waals surface area contributed by atoms with E-state index in [9.17, 15) is 0 Å². The molecule has 0 radical (unpaired) electrons. The van der Waals surface area contributed by atoms with Crippen molar-refractivity contribution in [3.05, 3.63) is 47.8 Å². The monoisotopic (exact) mass is 633 g/mol. The topological polar surface area (TPSA) is 125 Å². The molecule has 1 atom stereocenters. The van der Waals surface area contributed by atoms with E-state index in [0.29, 0.717) is 17.0 Å². The van der Waals surface area contributed by atoms with Gasteiger partial charge in [-0.3, -0.25) is 20.1 Å². The highest BCUT2D eigenvalue weighted by Crippen LogP contribution is 2.35. The van der Waals surface area contributed by atoms with Crippen LogP contribution in [0.15, 0.2) is 37.2 Å². The summed E-state index contributed by atoms with van der Waals surface area (Å²) in [5.74, 6) is 1.49. The normalized spacial score (nSPS) is 18.2. The standard InChI is InChI=1S/C33H48ClN11/c1-9-44-19-22(14-40-44)27-17-36-28(18-35-27)45(21(2)38-20-32(3,4)5)24-12-10-23(11-13-24)41-31-37-15-25(33(6,7)8)29(42-31)30-26(34)16-39-43-30/h14-19,21,23-24,38H,9-13,20H2,1-8H3,(H,39,43)(H,37,41,42). The van der Waals surface area contributed by atoms with Crippen molar-refractivity contribution in [2.24, 2.45) is 5.41 Å². The van der Waals surface area contributed by atoms with Crippen LogP contribution >= 0.6 is 11.6 Å². The van der Waals surface area contributed by atoms with Gasteiger partial charge in [0.1, 0.15) is 11.5 Å². The molecule has 1 aliphatic carbocycles. The van der Waals surface area contributed by atoms with Gasteiger partial charge >= 0.3 is 0 Å². The summed E-state index contributed by atoms with van der Waals surface area (Å²) in [6.07, 6.45) is 15.2. The number of aromatic amines is 1. The predicted octanol–water partition coefficient (Wildman–Crippen LogP) is 6.70. The van der Waals surface area contributed by atoms with E-state index in [-0.39, 0.29) is 23.0 Å². The van der Waals surface area contributed by atoms with Crippen LogP contribution in [0.2, 0.25) is 5.02 Å². The fourth-order valence-electron chi connectivity index (χ4n) is 5.84. The summed E-state index contributed by atoms with van der Waals surface area (Å²) in [4.78, 5) is 21.8. The fraction of sp³-hybridized carbons (Fsp3) is 0.576. The van der Waals surface area contributed by atoms with Crippen LogP contribution in [0.4, 0.5) is 11.8 Å². The first-order valence-electron chi connectivity index (χ1n) is 16.0. The molecule has 5 rings (SSSR count). The van der Waals surface area contributed by atoms with E-state index in [1.165, 1.54) is 0 Å². The molecule has 12 heteroatoms. The predicted molar refractivity (Wildman–Crippen MR) is 181 cm³/mol. The molecule has 1 aliphatic rings. The molecule has 4 heterocycles. The SMILES string of the molecule is CCn1cc(-c2cnc(N(C3CCC(Nc4ncc(C(C)(C)C)c(-c5[nH]ncc5Cl)n4)CC3)C(C)NCC(C)(C)C)cn2)cn1. The Morgan fingerprint density at radius 1 is 1.00 bits per heavy atom. The van der Waals surface area contributed by atoms with Gasteiger partial charge < -0.3 is 10.2 Å². The number of H-pyrrole nitrogens is 1. The first kappa shape index (κ1) is 32.8. The summed E-state index contributed by atoms with van der Waals surface area (Å²) in [7, 11) is 0. The van der Waals surface area contributed by atoms with Gasteiger partial charge in [0.15, 0.2) is 0 Å². The summed E-state index contributed by atoms with van der Waals surface area (Å²) in [5, 5.41) is 19.5. The smallest absolute Gasteiger partial charge is 0.223 e. The van der Waals surface area contributed by atoms with E-state index in [1.807, 2.05) is 35.7 Å². The van der Waals surface area contributed by atoms with Crippen LogP contribution in [0.5, 0.6) is 0 Å². The van der Waals surface area contributed by atoms with E-state index in [1.54, 1.807) is 6.20 Å². The third kappa shape index (κ3) is 7.99. The number of anilines is 2. The minimum absolute atomic E-state index is 0.0942. The van der Waals surface area contributed by atoms with Crippen LogP contribution in [0.3, 0.4) is 0 Å². The van der Waals surface area contributed by atoms with Crippen LogP contribution in [-0.4, -0.2) is 64.7 Å². The molecule has 4 aromatic rings. The number of rotatable bonds is 10. The van der Waals surface area contributed by atoms with E-state index < -0.39 is 0 Å². The second-order valence-corrected chi connectivity index (χ2v) is 14.7. The molecule has 4 aromatic heterocycles. The van der Waals surface area contributed by atoms with Gasteiger partial charge in [0, 0.05) is 48.7 Å². The summed E-state index contributed by atoms with van der Waals surface area (Å²) in [6, 6.07) is 0.576. The van der Waals surface area contributed by atoms with Gasteiger partial charge in [0.2, 0.25) is 5.95 Å². The van der Waals surface area contributed by atoms with Crippen molar-refractivity contribution < 1.29 is 0 Å². The maximum Gasteiger partial charge on any atom is 0.223 e. The summed E-state index contributed by atoms with van der Waals surface area (Å²) in [6.45, 7) is 19.2. The first-order chi connectivity index (χ1) is 21.3. The van der Waals surface area contributed by atoms with Crippen molar-refractivity contribution in [1.29, 1.82) is 0 Å². The van der Waals surface area contributed by atoms with Crippen molar-refractivity contribution in [1.82, 2.24) is 45.2 Å². The molecule has 0 saturated heterocycles. The average Bonchev–Trinajstić information content (AvgIpc) is 3.66. The van der Waals surface area contributed by atoms with Crippen molar-refractivity contribution in [2.75, 3.05) is 16.8 Å². The van der Waals surface area contributed by atoms with Crippen LogP contribution in [-0.2, 0) is 12.0 Å². The maximum atomic E-state index is 6.46. The average molecular weight is 634 g/mol. The molecule has 0 bridgehead atoms. The molecule has 1 saturated carbocycles. The van der Waals surface area contributed by atoms with Crippen molar-refractivity contribution >= 4 is 23.4 Å². The zero-order valence-corrected chi connectivity index (χ0v) is 28.7. The van der Waals surface area contributed by atoms with Crippen molar-refractivity contribution in [2.45, 2.75) is 111 Å². The van der Waals surface area contributed by atoms with E-state index in [0.717, 1.165) is 72.8 Å². The molecule has 0 aliphatic heterocycles. The maximum absolute atomic E-state index is 6.46. The third-order valence-corrected chi connectivity index (χ3v) is 8.64. The van der Waals surface area contributed by atoms with Gasteiger partial charge in [-0.2, -0.15) is 10.2 Å². The molecule has 0 amide bonds. The number of nitrogens with zero attached hydrogens (tertiary/aromatic N) is 8. The second-order valence-electron chi connectivity index (χ2n) is 14.3. The number of aryl methyl sites for hydroxylation is 1. The van der Waals surface area contributed by atoms with Crippen molar-refractivity contribution in [3.8, 4) is 22.6 Å².